The Morgan fingerprint density at radius 2 is 2.29 bits per heavy atom. The van der Waals surface area contributed by atoms with Crippen LogP contribution in [0.1, 0.15) is 24.4 Å². The zero-order valence-electron chi connectivity index (χ0n) is 9.67. The molecule has 1 heterocycles. The average molecular weight is 300 g/mol. The highest BCUT2D eigenvalue weighted by atomic mass is 79.9. The van der Waals surface area contributed by atoms with Gasteiger partial charge in [-0.25, -0.2) is 4.39 Å². The van der Waals surface area contributed by atoms with Gasteiger partial charge in [-0.3, -0.25) is 0 Å². The van der Waals surface area contributed by atoms with E-state index in [0.29, 0.717) is 4.47 Å². The summed E-state index contributed by atoms with van der Waals surface area (Å²) in [7, 11) is 1.90. The molecule has 1 aliphatic heterocycles. The quantitative estimate of drug-likeness (QED) is 0.922. The van der Waals surface area contributed by atoms with E-state index >= 15 is 0 Å². The van der Waals surface area contributed by atoms with Gasteiger partial charge in [0.15, 0.2) is 0 Å². The van der Waals surface area contributed by atoms with Crippen LogP contribution in [-0.2, 0) is 4.74 Å². The number of halogens is 2. The third kappa shape index (κ3) is 2.87. The first-order valence-corrected chi connectivity index (χ1v) is 6.44. The largest absolute Gasteiger partial charge is 0.501 e. The molecule has 92 valence electrons. The van der Waals surface area contributed by atoms with Crippen LogP contribution in [0.15, 0.2) is 34.5 Å². The lowest BCUT2D eigenvalue weighted by Gasteiger charge is -2.23. The van der Waals surface area contributed by atoms with Crippen LogP contribution in [0.4, 0.5) is 4.39 Å². The number of ether oxygens (including phenoxy) is 1. The summed E-state index contributed by atoms with van der Waals surface area (Å²) < 4.78 is 19.0. The van der Waals surface area contributed by atoms with Crippen molar-refractivity contribution in [2.45, 2.75) is 18.9 Å². The monoisotopic (exact) mass is 299 g/mol. The highest BCUT2D eigenvalue weighted by Crippen LogP contribution is 2.29. The van der Waals surface area contributed by atoms with Crippen molar-refractivity contribution in [1.82, 2.24) is 5.32 Å². The number of hydrogen-bond acceptors (Lipinski definition) is 2. The summed E-state index contributed by atoms with van der Waals surface area (Å²) in [6.45, 7) is 0.785. The highest BCUT2D eigenvalue weighted by Gasteiger charge is 2.18. The molecule has 0 fully saturated rings. The zero-order valence-corrected chi connectivity index (χ0v) is 11.3. The molecular formula is C13H15BrFNO. The summed E-state index contributed by atoms with van der Waals surface area (Å²) in [5.41, 5.74) is 2.25. The molecule has 0 radical (unpaired) electrons. The van der Waals surface area contributed by atoms with E-state index in [0.717, 1.165) is 25.0 Å². The van der Waals surface area contributed by atoms with E-state index < -0.39 is 0 Å². The van der Waals surface area contributed by atoms with Crippen LogP contribution in [0.2, 0.25) is 0 Å². The summed E-state index contributed by atoms with van der Waals surface area (Å²) in [4.78, 5) is 0. The smallest absolute Gasteiger partial charge is 0.137 e. The van der Waals surface area contributed by atoms with Gasteiger partial charge < -0.3 is 10.1 Å². The van der Waals surface area contributed by atoms with Crippen LogP contribution in [0.3, 0.4) is 0 Å². The van der Waals surface area contributed by atoms with Crippen molar-refractivity contribution in [3.05, 3.63) is 45.9 Å². The molecule has 1 atom stereocenters. The van der Waals surface area contributed by atoms with Crippen LogP contribution in [0.5, 0.6) is 0 Å². The maximum absolute atomic E-state index is 13.2. The topological polar surface area (TPSA) is 21.3 Å². The Morgan fingerprint density at radius 3 is 2.88 bits per heavy atom. The molecule has 1 aliphatic rings. The lowest BCUT2D eigenvalue weighted by molar-refractivity contribution is 0.220. The molecule has 0 saturated carbocycles. The Labute approximate surface area is 109 Å². The van der Waals surface area contributed by atoms with Gasteiger partial charge in [-0.1, -0.05) is 6.07 Å². The van der Waals surface area contributed by atoms with Gasteiger partial charge in [0.1, 0.15) is 5.82 Å². The van der Waals surface area contributed by atoms with Crippen molar-refractivity contribution in [2.75, 3.05) is 13.7 Å². The van der Waals surface area contributed by atoms with E-state index in [1.807, 2.05) is 19.4 Å². The number of rotatable bonds is 3. The molecule has 4 heteroatoms. The van der Waals surface area contributed by atoms with Gasteiger partial charge in [-0.05, 0) is 59.1 Å². The summed E-state index contributed by atoms with van der Waals surface area (Å²) in [5.74, 6) is -0.238. The maximum Gasteiger partial charge on any atom is 0.137 e. The summed E-state index contributed by atoms with van der Waals surface area (Å²) in [6, 6.07) is 5.18. The molecule has 0 aliphatic carbocycles. The Balaban J connectivity index is 2.28. The van der Waals surface area contributed by atoms with E-state index in [1.54, 1.807) is 6.07 Å². The molecule has 1 N–H and O–H groups in total. The second-order valence-corrected chi connectivity index (χ2v) is 4.92. The molecule has 1 unspecified atom stereocenters. The second kappa shape index (κ2) is 5.65. The van der Waals surface area contributed by atoms with E-state index in [4.69, 9.17) is 4.74 Å². The normalized spacial score (nSPS) is 17.2. The van der Waals surface area contributed by atoms with Crippen molar-refractivity contribution in [3.8, 4) is 0 Å². The fourth-order valence-corrected chi connectivity index (χ4v) is 2.45. The first kappa shape index (κ1) is 12.6. The lowest BCUT2D eigenvalue weighted by Crippen LogP contribution is -2.20. The van der Waals surface area contributed by atoms with Crippen LogP contribution in [-0.4, -0.2) is 13.7 Å². The van der Waals surface area contributed by atoms with Gasteiger partial charge in [0.25, 0.3) is 0 Å². The van der Waals surface area contributed by atoms with E-state index in [1.165, 1.54) is 11.6 Å². The number of nitrogens with one attached hydrogen (secondary N) is 1. The van der Waals surface area contributed by atoms with Crippen molar-refractivity contribution >= 4 is 15.9 Å². The van der Waals surface area contributed by atoms with Crippen molar-refractivity contribution in [1.29, 1.82) is 0 Å². The first-order valence-electron chi connectivity index (χ1n) is 5.65. The molecule has 0 aromatic heterocycles. The Bertz CT molecular complexity index is 433. The Hall–Kier alpha value is -0.870. The van der Waals surface area contributed by atoms with E-state index in [2.05, 4.69) is 21.2 Å². The molecule has 2 nitrogen and oxygen atoms in total. The predicted molar refractivity (Wildman–Crippen MR) is 69.2 cm³/mol. The number of likely N-dealkylation sites (N-methyl/N-ethyl adjacent to an activating group) is 1. The van der Waals surface area contributed by atoms with Gasteiger partial charge in [-0.2, -0.15) is 0 Å². The summed E-state index contributed by atoms with van der Waals surface area (Å²) >= 11 is 3.21. The average Bonchev–Trinajstić information content (AvgIpc) is 2.36. The molecule has 2 rings (SSSR count). The van der Waals surface area contributed by atoms with Crippen molar-refractivity contribution < 1.29 is 9.13 Å². The van der Waals surface area contributed by atoms with Crippen LogP contribution in [0, 0.1) is 5.82 Å². The third-order valence-corrected chi connectivity index (χ3v) is 3.51. The lowest BCUT2D eigenvalue weighted by atomic mass is 9.95. The number of hydrogen-bond donors (Lipinski definition) is 1. The predicted octanol–water partition coefficient (Wildman–Crippen LogP) is 3.54. The Kier molecular flexibility index (Phi) is 4.18. The molecule has 17 heavy (non-hydrogen) atoms. The van der Waals surface area contributed by atoms with Gasteiger partial charge in [-0.15, -0.1) is 0 Å². The molecular weight excluding hydrogens is 285 g/mol. The first-order chi connectivity index (χ1) is 8.22. The highest BCUT2D eigenvalue weighted by molar-refractivity contribution is 9.10. The van der Waals surface area contributed by atoms with Crippen molar-refractivity contribution in [3.63, 3.8) is 0 Å². The van der Waals surface area contributed by atoms with Gasteiger partial charge in [0.05, 0.1) is 23.4 Å². The minimum atomic E-state index is -0.238. The van der Waals surface area contributed by atoms with Crippen LogP contribution < -0.4 is 5.32 Å². The fourth-order valence-electron chi connectivity index (χ4n) is 2.05. The fraction of sp³-hybridized carbons (Fsp3) is 0.385. The third-order valence-electron chi connectivity index (χ3n) is 2.90. The Morgan fingerprint density at radius 1 is 1.47 bits per heavy atom. The van der Waals surface area contributed by atoms with E-state index in [-0.39, 0.29) is 11.9 Å². The summed E-state index contributed by atoms with van der Waals surface area (Å²) in [6.07, 6.45) is 3.87. The van der Waals surface area contributed by atoms with Gasteiger partial charge in [0, 0.05) is 0 Å². The minimum absolute atomic E-state index is 0.0900. The zero-order chi connectivity index (χ0) is 12.3. The van der Waals surface area contributed by atoms with Crippen molar-refractivity contribution in [2.24, 2.45) is 0 Å². The van der Waals surface area contributed by atoms with E-state index in [9.17, 15) is 4.39 Å². The molecule has 0 spiro atoms. The second-order valence-electron chi connectivity index (χ2n) is 4.06. The number of benzene rings is 1. The van der Waals surface area contributed by atoms with Gasteiger partial charge in [0.2, 0.25) is 0 Å². The minimum Gasteiger partial charge on any atom is -0.501 e. The molecule has 0 amide bonds. The molecule has 0 bridgehead atoms. The summed E-state index contributed by atoms with van der Waals surface area (Å²) in [5, 5.41) is 3.24. The maximum atomic E-state index is 13.2. The molecule has 1 aromatic carbocycles. The molecule has 0 saturated heterocycles. The van der Waals surface area contributed by atoms with Gasteiger partial charge >= 0.3 is 0 Å². The van der Waals surface area contributed by atoms with Crippen LogP contribution in [0.25, 0.3) is 0 Å². The molecule has 1 aromatic rings. The SMILES string of the molecule is CNC(C1=COCCC1)c1ccc(F)c(Br)c1. The van der Waals surface area contributed by atoms with Crippen LogP contribution >= 0.6 is 15.9 Å². The standard InChI is InChI=1S/C13H15BrFNO/c1-16-13(10-3-2-6-17-8-10)9-4-5-12(15)11(14)7-9/h4-5,7-8,13,16H,2-3,6H2,1H3.